The van der Waals surface area contributed by atoms with Gasteiger partial charge in [-0.05, 0) is 24.3 Å². The first-order valence-corrected chi connectivity index (χ1v) is 7.76. The van der Waals surface area contributed by atoms with Crippen LogP contribution in [0.15, 0.2) is 60.9 Å². The van der Waals surface area contributed by atoms with Crippen LogP contribution in [0.1, 0.15) is 21.6 Å². The van der Waals surface area contributed by atoms with Gasteiger partial charge in [0, 0.05) is 23.9 Å². The fraction of sp³-hybridized carbons (Fsp3) is 0.0526. The molecule has 1 amide bonds. The Labute approximate surface area is 149 Å². The molecular weight excluding hydrogens is 333 g/mol. The lowest BCUT2D eigenvalue weighted by atomic mass is 10.2. The molecule has 0 aliphatic heterocycles. The SMILES string of the molecule is N#Cc1cccc(NC(=O)c2cc(NCc3ccccc3F)ncn2)c1. The normalized spacial score (nSPS) is 10.0. The smallest absolute Gasteiger partial charge is 0.274 e. The number of rotatable bonds is 5. The van der Waals surface area contributed by atoms with Crippen LogP contribution in [0.25, 0.3) is 0 Å². The van der Waals surface area contributed by atoms with Gasteiger partial charge in [0.05, 0.1) is 11.6 Å². The summed E-state index contributed by atoms with van der Waals surface area (Å²) >= 11 is 0. The molecular formula is C19H14FN5O. The first-order valence-electron chi connectivity index (χ1n) is 7.76. The molecule has 0 saturated heterocycles. The zero-order valence-electron chi connectivity index (χ0n) is 13.6. The fourth-order valence-corrected chi connectivity index (χ4v) is 2.27. The number of nitriles is 1. The van der Waals surface area contributed by atoms with Crippen LogP contribution in [0.2, 0.25) is 0 Å². The van der Waals surface area contributed by atoms with Crippen molar-refractivity contribution in [2.75, 3.05) is 10.6 Å². The third-order valence-corrected chi connectivity index (χ3v) is 3.57. The molecule has 0 fully saturated rings. The van der Waals surface area contributed by atoms with Crippen LogP contribution in [0.5, 0.6) is 0 Å². The predicted molar refractivity (Wildman–Crippen MR) is 94.9 cm³/mol. The van der Waals surface area contributed by atoms with Gasteiger partial charge >= 0.3 is 0 Å². The molecule has 0 spiro atoms. The van der Waals surface area contributed by atoms with Gasteiger partial charge in [0.1, 0.15) is 23.7 Å². The van der Waals surface area contributed by atoms with E-state index in [0.717, 1.165) is 0 Å². The molecule has 0 bridgehead atoms. The van der Waals surface area contributed by atoms with Gasteiger partial charge in [-0.3, -0.25) is 4.79 Å². The van der Waals surface area contributed by atoms with Crippen LogP contribution in [-0.4, -0.2) is 15.9 Å². The third kappa shape index (κ3) is 4.19. The number of anilines is 2. The summed E-state index contributed by atoms with van der Waals surface area (Å²) in [5.74, 6) is -0.347. The Kier molecular flexibility index (Phi) is 5.15. The van der Waals surface area contributed by atoms with E-state index in [9.17, 15) is 9.18 Å². The Hall–Kier alpha value is -3.79. The van der Waals surface area contributed by atoms with Crippen LogP contribution in [0.4, 0.5) is 15.9 Å². The van der Waals surface area contributed by atoms with Gasteiger partial charge in [0.25, 0.3) is 5.91 Å². The van der Waals surface area contributed by atoms with Crippen molar-refractivity contribution in [2.45, 2.75) is 6.54 Å². The van der Waals surface area contributed by atoms with Crippen molar-refractivity contribution in [3.8, 4) is 6.07 Å². The zero-order valence-corrected chi connectivity index (χ0v) is 13.6. The van der Waals surface area contributed by atoms with Crippen LogP contribution in [0.3, 0.4) is 0 Å². The summed E-state index contributed by atoms with van der Waals surface area (Å²) in [7, 11) is 0. The average molecular weight is 347 g/mol. The predicted octanol–water partition coefficient (Wildman–Crippen LogP) is 3.35. The molecule has 0 radical (unpaired) electrons. The number of nitrogens with one attached hydrogen (secondary N) is 2. The molecule has 0 saturated carbocycles. The summed E-state index contributed by atoms with van der Waals surface area (Å²) in [6, 6.07) is 16.5. The number of carbonyl (C=O) groups is 1. The Morgan fingerprint density at radius 1 is 1.12 bits per heavy atom. The largest absolute Gasteiger partial charge is 0.366 e. The third-order valence-electron chi connectivity index (χ3n) is 3.57. The molecule has 6 nitrogen and oxygen atoms in total. The second kappa shape index (κ2) is 7.85. The molecule has 0 unspecified atom stereocenters. The second-order valence-electron chi connectivity index (χ2n) is 5.38. The van der Waals surface area contributed by atoms with Crippen molar-refractivity contribution < 1.29 is 9.18 Å². The summed E-state index contributed by atoms with van der Waals surface area (Å²) in [5.41, 5.74) is 1.58. The molecule has 7 heteroatoms. The maximum absolute atomic E-state index is 13.6. The first-order chi connectivity index (χ1) is 12.7. The minimum Gasteiger partial charge on any atom is -0.366 e. The van der Waals surface area contributed by atoms with Gasteiger partial charge in [-0.25, -0.2) is 14.4 Å². The molecule has 3 rings (SSSR count). The van der Waals surface area contributed by atoms with E-state index in [2.05, 4.69) is 20.6 Å². The van der Waals surface area contributed by atoms with E-state index in [1.807, 2.05) is 6.07 Å². The van der Waals surface area contributed by atoms with Crippen molar-refractivity contribution in [3.63, 3.8) is 0 Å². The lowest BCUT2D eigenvalue weighted by molar-refractivity contribution is 0.102. The van der Waals surface area contributed by atoms with Gasteiger partial charge in [-0.1, -0.05) is 24.3 Å². The minimum atomic E-state index is -0.434. The molecule has 0 atom stereocenters. The number of hydrogen-bond acceptors (Lipinski definition) is 5. The molecule has 2 aromatic carbocycles. The van der Waals surface area contributed by atoms with Crippen molar-refractivity contribution in [2.24, 2.45) is 0 Å². The second-order valence-corrected chi connectivity index (χ2v) is 5.38. The quantitative estimate of drug-likeness (QED) is 0.738. The minimum absolute atomic E-state index is 0.151. The highest BCUT2D eigenvalue weighted by Crippen LogP contribution is 2.13. The highest BCUT2D eigenvalue weighted by atomic mass is 19.1. The maximum Gasteiger partial charge on any atom is 0.274 e. The van der Waals surface area contributed by atoms with Crippen LogP contribution in [0, 0.1) is 17.1 Å². The monoisotopic (exact) mass is 347 g/mol. The van der Waals surface area contributed by atoms with E-state index < -0.39 is 5.91 Å². The number of amides is 1. The lowest BCUT2D eigenvalue weighted by Crippen LogP contribution is -2.15. The Balaban J connectivity index is 1.69. The molecule has 1 aromatic heterocycles. The summed E-state index contributed by atoms with van der Waals surface area (Å²) < 4.78 is 13.6. The number of benzene rings is 2. The first kappa shape index (κ1) is 17.0. The van der Waals surface area contributed by atoms with Gasteiger partial charge < -0.3 is 10.6 Å². The molecule has 3 aromatic rings. The van der Waals surface area contributed by atoms with Gasteiger partial charge in [0.2, 0.25) is 0 Å². The number of hydrogen-bond donors (Lipinski definition) is 2. The summed E-state index contributed by atoms with van der Waals surface area (Å²) in [4.78, 5) is 20.3. The molecule has 0 aliphatic rings. The molecule has 2 N–H and O–H groups in total. The Morgan fingerprint density at radius 2 is 1.96 bits per heavy atom. The molecule has 26 heavy (non-hydrogen) atoms. The highest BCUT2D eigenvalue weighted by molar-refractivity contribution is 6.03. The number of halogens is 1. The van der Waals surface area contributed by atoms with Gasteiger partial charge in [0.15, 0.2) is 0 Å². The maximum atomic E-state index is 13.6. The van der Waals surface area contributed by atoms with E-state index in [-0.39, 0.29) is 18.1 Å². The molecule has 1 heterocycles. The van der Waals surface area contributed by atoms with E-state index in [1.54, 1.807) is 42.5 Å². The number of carbonyl (C=O) groups excluding carboxylic acids is 1. The van der Waals surface area contributed by atoms with Crippen molar-refractivity contribution >= 4 is 17.4 Å². The van der Waals surface area contributed by atoms with Crippen molar-refractivity contribution in [1.82, 2.24) is 9.97 Å². The van der Waals surface area contributed by atoms with Gasteiger partial charge in [-0.15, -0.1) is 0 Å². The van der Waals surface area contributed by atoms with E-state index in [0.29, 0.717) is 22.6 Å². The van der Waals surface area contributed by atoms with Crippen molar-refractivity contribution in [1.29, 1.82) is 5.26 Å². The van der Waals surface area contributed by atoms with Crippen LogP contribution >= 0.6 is 0 Å². The van der Waals surface area contributed by atoms with E-state index >= 15 is 0 Å². The summed E-state index contributed by atoms with van der Waals surface area (Å²) in [6.07, 6.45) is 1.25. The average Bonchev–Trinajstić information content (AvgIpc) is 2.68. The summed E-state index contributed by atoms with van der Waals surface area (Å²) in [6.45, 7) is 0.231. The van der Waals surface area contributed by atoms with Crippen LogP contribution in [-0.2, 0) is 6.54 Å². The molecule has 128 valence electrons. The topological polar surface area (TPSA) is 90.7 Å². The Morgan fingerprint density at radius 3 is 2.77 bits per heavy atom. The summed E-state index contributed by atoms with van der Waals surface area (Å²) in [5, 5.41) is 14.5. The fourth-order valence-electron chi connectivity index (χ4n) is 2.27. The van der Waals surface area contributed by atoms with E-state index in [4.69, 9.17) is 5.26 Å². The van der Waals surface area contributed by atoms with E-state index in [1.165, 1.54) is 18.5 Å². The molecule has 0 aliphatic carbocycles. The van der Waals surface area contributed by atoms with Crippen LogP contribution < -0.4 is 10.6 Å². The van der Waals surface area contributed by atoms with Crippen molar-refractivity contribution in [3.05, 3.63) is 83.6 Å². The standard InChI is InChI=1S/C19H14FN5O/c20-16-7-2-1-5-14(16)11-22-18-9-17(23-12-24-18)19(26)25-15-6-3-4-13(8-15)10-21/h1-9,12H,11H2,(H,25,26)(H,22,23,24). The van der Waals surface area contributed by atoms with Gasteiger partial charge in [-0.2, -0.15) is 5.26 Å². The number of aromatic nitrogens is 2. The Bertz CT molecular complexity index is 983. The zero-order chi connectivity index (χ0) is 18.4. The lowest BCUT2D eigenvalue weighted by Gasteiger charge is -2.08. The highest BCUT2D eigenvalue weighted by Gasteiger charge is 2.10. The number of nitrogens with zero attached hydrogens (tertiary/aromatic N) is 3.